The topological polar surface area (TPSA) is 92.4 Å². The molecule has 5 nitrogen and oxygen atoms in total. The zero-order valence-corrected chi connectivity index (χ0v) is 11.8. The zero-order chi connectivity index (χ0) is 14.7. The minimum atomic E-state index is -3.86. The molecule has 0 spiro atoms. The van der Waals surface area contributed by atoms with E-state index in [1.807, 2.05) is 13.8 Å². The molecule has 7 heteroatoms. The van der Waals surface area contributed by atoms with Gasteiger partial charge in [0.2, 0.25) is 10.0 Å². The van der Waals surface area contributed by atoms with Crippen LogP contribution in [-0.4, -0.2) is 26.7 Å². The third-order valence-electron chi connectivity index (χ3n) is 2.79. The first kappa shape index (κ1) is 15.9. The van der Waals surface area contributed by atoms with Crippen LogP contribution in [0.4, 0.5) is 10.1 Å². The molecule has 0 fully saturated rings. The number of halogens is 1. The highest BCUT2D eigenvalue weighted by molar-refractivity contribution is 7.89. The summed E-state index contributed by atoms with van der Waals surface area (Å²) in [6, 6.07) is 3.20. The van der Waals surface area contributed by atoms with Crippen LogP contribution in [0, 0.1) is 11.2 Å². The average molecular weight is 290 g/mol. The molecule has 4 N–H and O–H groups in total. The molecule has 108 valence electrons. The van der Waals surface area contributed by atoms with E-state index >= 15 is 0 Å². The lowest BCUT2D eigenvalue weighted by atomic mass is 9.90. The van der Waals surface area contributed by atoms with E-state index in [0.29, 0.717) is 6.42 Å². The number of rotatable bonds is 6. The van der Waals surface area contributed by atoms with Crippen molar-refractivity contribution in [3.05, 3.63) is 24.0 Å². The molecule has 19 heavy (non-hydrogen) atoms. The number of sulfonamides is 1. The lowest BCUT2D eigenvalue weighted by Gasteiger charge is -2.23. The summed E-state index contributed by atoms with van der Waals surface area (Å²) in [4.78, 5) is -0.271. The number of nitrogen functional groups attached to an aromatic ring is 1. The van der Waals surface area contributed by atoms with Crippen LogP contribution in [0.25, 0.3) is 0 Å². The van der Waals surface area contributed by atoms with Crippen molar-refractivity contribution in [3.63, 3.8) is 0 Å². The van der Waals surface area contributed by atoms with Gasteiger partial charge in [0, 0.05) is 13.2 Å². The van der Waals surface area contributed by atoms with E-state index < -0.39 is 21.3 Å². The lowest BCUT2D eigenvalue weighted by molar-refractivity contribution is 0.213. The molecule has 0 aliphatic carbocycles. The van der Waals surface area contributed by atoms with Gasteiger partial charge in [-0.25, -0.2) is 17.5 Å². The van der Waals surface area contributed by atoms with Crippen molar-refractivity contribution < 1.29 is 17.9 Å². The monoisotopic (exact) mass is 290 g/mol. The number of nitrogens with one attached hydrogen (secondary N) is 1. The fourth-order valence-corrected chi connectivity index (χ4v) is 2.88. The minimum Gasteiger partial charge on any atom is -0.398 e. The molecule has 0 aromatic heterocycles. The van der Waals surface area contributed by atoms with Crippen LogP contribution in [0.2, 0.25) is 0 Å². The molecule has 0 atom stereocenters. The Morgan fingerprint density at radius 2 is 2.05 bits per heavy atom. The van der Waals surface area contributed by atoms with E-state index in [2.05, 4.69) is 4.72 Å². The molecule has 0 aliphatic heterocycles. The first-order valence-corrected chi connectivity index (χ1v) is 7.32. The van der Waals surface area contributed by atoms with Crippen LogP contribution in [0.5, 0.6) is 0 Å². The largest absolute Gasteiger partial charge is 0.398 e. The second kappa shape index (κ2) is 5.85. The predicted molar refractivity (Wildman–Crippen MR) is 71.5 cm³/mol. The third-order valence-corrected chi connectivity index (χ3v) is 4.25. The molecule has 0 radical (unpaired) electrons. The smallest absolute Gasteiger partial charge is 0.242 e. The van der Waals surface area contributed by atoms with Gasteiger partial charge >= 0.3 is 0 Å². The van der Waals surface area contributed by atoms with E-state index in [0.717, 1.165) is 12.1 Å². The molecular formula is C12H19FN2O3S. The fraction of sp³-hybridized carbons (Fsp3) is 0.500. The Labute approximate surface area is 112 Å². The van der Waals surface area contributed by atoms with Crippen molar-refractivity contribution in [3.8, 4) is 0 Å². The van der Waals surface area contributed by atoms with Crippen molar-refractivity contribution in [2.75, 3.05) is 18.9 Å². The minimum absolute atomic E-state index is 0.00568. The quantitative estimate of drug-likeness (QED) is 0.684. The van der Waals surface area contributed by atoms with Crippen LogP contribution in [0.3, 0.4) is 0 Å². The predicted octanol–water partition coefficient (Wildman–Crippen LogP) is 1.09. The van der Waals surface area contributed by atoms with E-state index in [1.165, 1.54) is 6.07 Å². The first-order chi connectivity index (χ1) is 8.68. The molecule has 1 rings (SSSR count). The highest BCUT2D eigenvalue weighted by atomic mass is 32.2. The van der Waals surface area contributed by atoms with Crippen molar-refractivity contribution >= 4 is 15.7 Å². The summed E-state index contributed by atoms with van der Waals surface area (Å²) in [6.07, 6.45) is 0.453. The second-order valence-electron chi connectivity index (χ2n) is 5.14. The maximum Gasteiger partial charge on any atom is 0.242 e. The van der Waals surface area contributed by atoms with Gasteiger partial charge in [-0.05, 0) is 30.0 Å². The van der Waals surface area contributed by atoms with Gasteiger partial charge in [-0.3, -0.25) is 0 Å². The van der Waals surface area contributed by atoms with Crippen molar-refractivity contribution in [2.24, 2.45) is 5.41 Å². The third kappa shape index (κ3) is 4.45. The maximum absolute atomic E-state index is 13.1. The number of nitrogens with two attached hydrogens (primary N) is 1. The summed E-state index contributed by atoms with van der Waals surface area (Å²) in [6.45, 7) is 3.74. The van der Waals surface area contributed by atoms with Crippen LogP contribution >= 0.6 is 0 Å². The summed E-state index contributed by atoms with van der Waals surface area (Å²) >= 11 is 0. The fourth-order valence-electron chi connectivity index (χ4n) is 1.50. The van der Waals surface area contributed by atoms with E-state index in [4.69, 9.17) is 10.8 Å². The van der Waals surface area contributed by atoms with Crippen molar-refractivity contribution in [1.29, 1.82) is 0 Å². The van der Waals surface area contributed by atoms with Crippen LogP contribution in [-0.2, 0) is 10.0 Å². The van der Waals surface area contributed by atoms with Crippen LogP contribution in [0.15, 0.2) is 23.1 Å². The molecule has 0 amide bonds. The van der Waals surface area contributed by atoms with Gasteiger partial charge in [-0.2, -0.15) is 0 Å². The lowest BCUT2D eigenvalue weighted by Crippen LogP contribution is -2.34. The average Bonchev–Trinajstić information content (AvgIpc) is 2.30. The summed E-state index contributed by atoms with van der Waals surface area (Å²) in [7, 11) is -3.86. The van der Waals surface area contributed by atoms with Gasteiger partial charge in [0.05, 0.1) is 5.69 Å². The number of hydrogen-bond acceptors (Lipinski definition) is 4. The maximum atomic E-state index is 13.1. The Morgan fingerprint density at radius 3 is 2.63 bits per heavy atom. The molecule has 0 bridgehead atoms. The molecule has 0 saturated heterocycles. The Balaban J connectivity index is 2.90. The Hall–Kier alpha value is -1.18. The molecule has 0 unspecified atom stereocenters. The van der Waals surface area contributed by atoms with Crippen molar-refractivity contribution in [2.45, 2.75) is 25.2 Å². The number of hydrogen-bond donors (Lipinski definition) is 3. The van der Waals surface area contributed by atoms with E-state index in [9.17, 15) is 12.8 Å². The first-order valence-electron chi connectivity index (χ1n) is 5.83. The molecule has 1 aromatic carbocycles. The highest BCUT2D eigenvalue weighted by Gasteiger charge is 2.23. The summed E-state index contributed by atoms with van der Waals surface area (Å²) in [5.74, 6) is -0.663. The van der Waals surface area contributed by atoms with Crippen molar-refractivity contribution in [1.82, 2.24) is 4.72 Å². The zero-order valence-electron chi connectivity index (χ0n) is 11.0. The number of anilines is 1. The normalized spacial score (nSPS) is 12.6. The van der Waals surface area contributed by atoms with Crippen LogP contribution < -0.4 is 10.5 Å². The van der Waals surface area contributed by atoms with Gasteiger partial charge in [0.1, 0.15) is 10.7 Å². The molecule has 1 aromatic rings. The van der Waals surface area contributed by atoms with Gasteiger partial charge < -0.3 is 10.8 Å². The second-order valence-corrected chi connectivity index (χ2v) is 6.88. The summed E-state index contributed by atoms with van der Waals surface area (Å²) in [5.41, 5.74) is 5.14. The number of aliphatic hydroxyl groups excluding tert-OH is 1. The standard InChI is InChI=1S/C12H19FN2O3S/c1-12(2,5-6-16)8-15-19(17,18)11-7-9(13)3-4-10(11)14/h3-4,7,15-16H,5-6,8,14H2,1-2H3. The van der Waals surface area contributed by atoms with Gasteiger partial charge in [-0.15, -0.1) is 0 Å². The van der Waals surface area contributed by atoms with Gasteiger partial charge in [0.25, 0.3) is 0 Å². The van der Waals surface area contributed by atoms with E-state index in [-0.39, 0.29) is 23.7 Å². The Morgan fingerprint density at radius 1 is 1.42 bits per heavy atom. The molecule has 0 heterocycles. The number of aliphatic hydroxyl groups is 1. The molecule has 0 saturated carbocycles. The molecular weight excluding hydrogens is 271 g/mol. The summed E-state index contributed by atoms with van der Waals surface area (Å²) < 4.78 is 39.5. The summed E-state index contributed by atoms with van der Waals surface area (Å²) in [5, 5.41) is 8.88. The van der Waals surface area contributed by atoms with Gasteiger partial charge in [-0.1, -0.05) is 13.8 Å². The van der Waals surface area contributed by atoms with Gasteiger partial charge in [0.15, 0.2) is 0 Å². The van der Waals surface area contributed by atoms with Crippen LogP contribution in [0.1, 0.15) is 20.3 Å². The number of benzene rings is 1. The SMILES string of the molecule is CC(C)(CCO)CNS(=O)(=O)c1cc(F)ccc1N. The Kier molecular flexibility index (Phi) is 4.89. The Bertz CT molecular complexity index is 544. The highest BCUT2D eigenvalue weighted by Crippen LogP contribution is 2.22. The molecule has 0 aliphatic rings. The van der Waals surface area contributed by atoms with E-state index in [1.54, 1.807) is 0 Å².